The van der Waals surface area contributed by atoms with Crippen molar-refractivity contribution in [2.24, 2.45) is 0 Å². The Hall–Kier alpha value is -3.67. The molecule has 0 aliphatic carbocycles. The summed E-state index contributed by atoms with van der Waals surface area (Å²) in [6.45, 7) is 0.715. The van der Waals surface area contributed by atoms with E-state index in [4.69, 9.17) is 0 Å². The van der Waals surface area contributed by atoms with Gasteiger partial charge < -0.3 is 10.2 Å². The molecule has 0 spiro atoms. The molecular formula is C24H22FN3O2. The lowest BCUT2D eigenvalue weighted by atomic mass is 10.2. The Balaban J connectivity index is 1.49. The molecule has 3 amide bonds. The smallest absolute Gasteiger partial charge is 0.322 e. The lowest BCUT2D eigenvalue weighted by Gasteiger charge is -2.25. The molecule has 1 aliphatic rings. The zero-order valence-electron chi connectivity index (χ0n) is 16.4. The van der Waals surface area contributed by atoms with Gasteiger partial charge in [0.15, 0.2) is 0 Å². The molecule has 1 atom stereocenters. The predicted octanol–water partition coefficient (Wildman–Crippen LogP) is 4.35. The third-order valence-electron chi connectivity index (χ3n) is 5.07. The van der Waals surface area contributed by atoms with Crippen molar-refractivity contribution >= 4 is 23.3 Å². The van der Waals surface area contributed by atoms with Crippen molar-refractivity contribution < 1.29 is 14.0 Å². The fourth-order valence-corrected chi connectivity index (χ4v) is 3.60. The maximum atomic E-state index is 13.5. The maximum Gasteiger partial charge on any atom is 0.322 e. The van der Waals surface area contributed by atoms with Gasteiger partial charge in [-0.1, -0.05) is 54.6 Å². The van der Waals surface area contributed by atoms with Gasteiger partial charge in [-0.25, -0.2) is 9.18 Å². The van der Waals surface area contributed by atoms with E-state index in [1.807, 2.05) is 60.7 Å². The molecule has 6 heteroatoms. The Morgan fingerprint density at radius 2 is 1.70 bits per heavy atom. The van der Waals surface area contributed by atoms with Crippen LogP contribution in [0.1, 0.15) is 12.0 Å². The SMILES string of the molecule is O=C1CC(NC(=O)N(Cc2ccccc2)c2ccccc2)CN1c1cccc(F)c1. The zero-order valence-corrected chi connectivity index (χ0v) is 16.4. The molecule has 30 heavy (non-hydrogen) atoms. The number of anilines is 2. The number of carbonyl (C=O) groups is 2. The fraction of sp³-hybridized carbons (Fsp3) is 0.167. The summed E-state index contributed by atoms with van der Waals surface area (Å²) in [6, 6.07) is 24.4. The van der Waals surface area contributed by atoms with E-state index in [2.05, 4.69) is 5.32 Å². The third-order valence-corrected chi connectivity index (χ3v) is 5.07. The van der Waals surface area contributed by atoms with Gasteiger partial charge in [-0.2, -0.15) is 0 Å². The lowest BCUT2D eigenvalue weighted by Crippen LogP contribution is -2.45. The Morgan fingerprint density at radius 3 is 2.40 bits per heavy atom. The van der Waals surface area contributed by atoms with E-state index in [9.17, 15) is 14.0 Å². The fourth-order valence-electron chi connectivity index (χ4n) is 3.60. The Labute approximate surface area is 174 Å². The number of amides is 3. The van der Waals surface area contributed by atoms with Gasteiger partial charge >= 0.3 is 6.03 Å². The van der Waals surface area contributed by atoms with Crippen molar-refractivity contribution in [2.75, 3.05) is 16.3 Å². The first-order valence-corrected chi connectivity index (χ1v) is 9.83. The van der Waals surface area contributed by atoms with Crippen LogP contribution in [-0.2, 0) is 11.3 Å². The quantitative estimate of drug-likeness (QED) is 0.689. The molecule has 1 fully saturated rings. The van der Waals surface area contributed by atoms with Crippen molar-refractivity contribution in [3.8, 4) is 0 Å². The van der Waals surface area contributed by atoms with Gasteiger partial charge in [0, 0.05) is 24.3 Å². The van der Waals surface area contributed by atoms with Gasteiger partial charge in [-0.3, -0.25) is 9.69 Å². The van der Waals surface area contributed by atoms with Gasteiger partial charge in [0.05, 0.1) is 12.6 Å². The average molecular weight is 403 g/mol. The molecule has 0 aromatic heterocycles. The molecule has 5 nitrogen and oxygen atoms in total. The van der Waals surface area contributed by atoms with Crippen LogP contribution in [0, 0.1) is 5.82 Å². The first-order chi connectivity index (χ1) is 14.6. The molecule has 0 radical (unpaired) electrons. The molecule has 4 rings (SSSR count). The summed E-state index contributed by atoms with van der Waals surface area (Å²) in [5.74, 6) is -0.536. The summed E-state index contributed by atoms with van der Waals surface area (Å²) < 4.78 is 13.5. The van der Waals surface area contributed by atoms with Gasteiger partial charge in [-0.05, 0) is 35.9 Å². The number of urea groups is 1. The Kier molecular flexibility index (Phi) is 5.75. The second-order valence-corrected chi connectivity index (χ2v) is 7.24. The summed E-state index contributed by atoms with van der Waals surface area (Å²) in [7, 11) is 0. The lowest BCUT2D eigenvalue weighted by molar-refractivity contribution is -0.117. The number of halogens is 1. The topological polar surface area (TPSA) is 52.7 Å². The Morgan fingerprint density at radius 1 is 1.00 bits per heavy atom. The van der Waals surface area contributed by atoms with E-state index in [1.165, 1.54) is 17.0 Å². The van der Waals surface area contributed by atoms with Crippen molar-refractivity contribution in [1.29, 1.82) is 0 Å². The number of nitrogens with one attached hydrogen (secondary N) is 1. The molecule has 1 saturated heterocycles. The summed E-state index contributed by atoms with van der Waals surface area (Å²) in [5, 5.41) is 2.97. The van der Waals surface area contributed by atoms with Crippen LogP contribution in [0.4, 0.5) is 20.6 Å². The maximum absolute atomic E-state index is 13.5. The summed E-state index contributed by atoms with van der Waals surface area (Å²) >= 11 is 0. The molecule has 1 heterocycles. The number of carbonyl (C=O) groups excluding carboxylic acids is 2. The molecule has 152 valence electrons. The highest BCUT2D eigenvalue weighted by Gasteiger charge is 2.33. The molecule has 3 aromatic carbocycles. The van der Waals surface area contributed by atoms with Crippen LogP contribution in [0.15, 0.2) is 84.9 Å². The normalized spacial score (nSPS) is 15.8. The second-order valence-electron chi connectivity index (χ2n) is 7.24. The van der Waals surface area contributed by atoms with E-state index in [1.54, 1.807) is 17.0 Å². The monoisotopic (exact) mass is 403 g/mol. The highest BCUT2D eigenvalue weighted by atomic mass is 19.1. The highest BCUT2D eigenvalue weighted by molar-refractivity contribution is 5.98. The van der Waals surface area contributed by atoms with E-state index in [0.29, 0.717) is 18.8 Å². The third kappa shape index (κ3) is 4.49. The molecule has 1 unspecified atom stereocenters. The number of benzene rings is 3. The van der Waals surface area contributed by atoms with Crippen LogP contribution in [0.2, 0.25) is 0 Å². The second kappa shape index (κ2) is 8.78. The molecule has 1 aliphatic heterocycles. The van der Waals surface area contributed by atoms with Crippen molar-refractivity contribution in [1.82, 2.24) is 5.32 Å². The highest BCUT2D eigenvalue weighted by Crippen LogP contribution is 2.23. The molecule has 0 bridgehead atoms. The van der Waals surface area contributed by atoms with Gasteiger partial charge in [0.1, 0.15) is 5.82 Å². The van der Waals surface area contributed by atoms with Crippen molar-refractivity contribution in [3.63, 3.8) is 0 Å². The van der Waals surface area contributed by atoms with Gasteiger partial charge in [0.2, 0.25) is 5.91 Å². The van der Waals surface area contributed by atoms with Crippen LogP contribution in [0.25, 0.3) is 0 Å². The Bertz CT molecular complexity index is 1030. The summed E-state index contributed by atoms with van der Waals surface area (Å²) in [5.41, 5.74) is 2.27. The molecular weight excluding hydrogens is 381 g/mol. The molecule has 0 saturated carbocycles. The number of nitrogens with zero attached hydrogens (tertiary/aromatic N) is 2. The minimum atomic E-state index is -0.397. The van der Waals surface area contributed by atoms with Crippen molar-refractivity contribution in [2.45, 2.75) is 19.0 Å². The largest absolute Gasteiger partial charge is 0.333 e. The minimum absolute atomic E-state index is 0.139. The number of hydrogen-bond donors (Lipinski definition) is 1. The van der Waals surface area contributed by atoms with Crippen LogP contribution < -0.4 is 15.1 Å². The number of para-hydroxylation sites is 1. The summed E-state index contributed by atoms with van der Waals surface area (Å²) in [4.78, 5) is 28.7. The van der Waals surface area contributed by atoms with Gasteiger partial charge in [-0.15, -0.1) is 0 Å². The van der Waals surface area contributed by atoms with Gasteiger partial charge in [0.25, 0.3) is 0 Å². The first kappa shape index (κ1) is 19.6. The van der Waals surface area contributed by atoms with E-state index in [-0.39, 0.29) is 24.4 Å². The number of hydrogen-bond acceptors (Lipinski definition) is 2. The minimum Gasteiger partial charge on any atom is -0.333 e. The molecule has 1 N–H and O–H groups in total. The van der Waals surface area contributed by atoms with Crippen molar-refractivity contribution in [3.05, 3.63) is 96.3 Å². The first-order valence-electron chi connectivity index (χ1n) is 9.83. The standard InChI is InChI=1S/C24H22FN3O2/c25-19-10-7-13-22(14-19)27-17-20(15-23(27)29)26-24(30)28(21-11-5-2-6-12-21)16-18-8-3-1-4-9-18/h1-14,20H,15-17H2,(H,26,30). The van der Waals surface area contributed by atoms with E-state index in [0.717, 1.165) is 11.3 Å². The predicted molar refractivity (Wildman–Crippen MR) is 115 cm³/mol. The summed E-state index contributed by atoms with van der Waals surface area (Å²) in [6.07, 6.45) is 0.177. The average Bonchev–Trinajstić information content (AvgIpc) is 3.13. The van der Waals surface area contributed by atoms with E-state index >= 15 is 0 Å². The van der Waals surface area contributed by atoms with Crippen LogP contribution >= 0.6 is 0 Å². The molecule has 3 aromatic rings. The zero-order chi connectivity index (χ0) is 20.9. The van der Waals surface area contributed by atoms with E-state index < -0.39 is 5.82 Å². The number of rotatable bonds is 5. The van der Waals surface area contributed by atoms with Crippen LogP contribution in [0.3, 0.4) is 0 Å². The van der Waals surface area contributed by atoms with Crippen LogP contribution in [0.5, 0.6) is 0 Å². The van der Waals surface area contributed by atoms with Crippen LogP contribution in [-0.4, -0.2) is 24.5 Å².